The first-order valence-corrected chi connectivity index (χ1v) is 15.0. The number of allylic oxidation sites excluding steroid dienone is 7. The molecular weight excluding hydrogens is 533 g/mol. The highest BCUT2D eigenvalue weighted by Crippen LogP contribution is 2.34. The fourth-order valence-corrected chi connectivity index (χ4v) is 5.97. The van der Waals surface area contributed by atoms with Gasteiger partial charge in [0.1, 0.15) is 11.5 Å². The molecule has 1 fully saturated rings. The van der Waals surface area contributed by atoms with Crippen molar-refractivity contribution in [3.05, 3.63) is 132 Å². The van der Waals surface area contributed by atoms with E-state index in [9.17, 15) is 4.39 Å². The standard InChI is InChI=1S/C37H40FN5/c1-6-13-31(28-16-12-17-29(38)19-28)32-21-35(41-25(32)5)37-33-22-34(39-23-36(33)42-43-37)27(7-2)20-30(8-3)40-24(4)18-26-14-10-9-11-15-26/h6-8,12-13,16-17,19-23,26,40-41H,1,3-4,9-11,14-15,18H2,2,5H3,(H,42,43)/b27-7+,30-20+,31-13-. The van der Waals surface area contributed by atoms with Gasteiger partial charge in [0.05, 0.1) is 23.1 Å². The number of pyridine rings is 1. The van der Waals surface area contributed by atoms with E-state index in [1.807, 2.05) is 44.3 Å². The van der Waals surface area contributed by atoms with Crippen LogP contribution < -0.4 is 5.32 Å². The van der Waals surface area contributed by atoms with Gasteiger partial charge in [0, 0.05) is 28.0 Å². The Morgan fingerprint density at radius 1 is 1.14 bits per heavy atom. The molecule has 0 spiro atoms. The van der Waals surface area contributed by atoms with Gasteiger partial charge < -0.3 is 10.3 Å². The summed E-state index contributed by atoms with van der Waals surface area (Å²) in [5, 5.41) is 12.2. The lowest BCUT2D eigenvalue weighted by atomic mass is 9.86. The summed E-state index contributed by atoms with van der Waals surface area (Å²) in [6.07, 6.45) is 18.9. The van der Waals surface area contributed by atoms with Crippen LogP contribution in [-0.4, -0.2) is 20.2 Å². The highest BCUT2D eigenvalue weighted by atomic mass is 19.1. The van der Waals surface area contributed by atoms with E-state index in [-0.39, 0.29) is 5.82 Å². The van der Waals surface area contributed by atoms with Crippen LogP contribution in [0, 0.1) is 18.7 Å². The van der Waals surface area contributed by atoms with Crippen LogP contribution in [0.2, 0.25) is 0 Å². The van der Waals surface area contributed by atoms with E-state index in [0.29, 0.717) is 5.92 Å². The minimum absolute atomic E-state index is 0.281. The summed E-state index contributed by atoms with van der Waals surface area (Å²) in [6, 6.07) is 10.7. The molecule has 220 valence electrons. The molecule has 0 amide bonds. The van der Waals surface area contributed by atoms with Gasteiger partial charge >= 0.3 is 0 Å². The Labute approximate surface area is 253 Å². The maximum absolute atomic E-state index is 14.1. The largest absolute Gasteiger partial charge is 0.359 e. The molecule has 5 nitrogen and oxygen atoms in total. The summed E-state index contributed by atoms with van der Waals surface area (Å²) in [5.41, 5.74) is 9.75. The fraction of sp³-hybridized carbons (Fsp3) is 0.243. The van der Waals surface area contributed by atoms with Crippen LogP contribution in [0.25, 0.3) is 33.4 Å². The molecule has 43 heavy (non-hydrogen) atoms. The van der Waals surface area contributed by atoms with Crippen molar-refractivity contribution in [2.75, 3.05) is 0 Å². The van der Waals surface area contributed by atoms with Crippen molar-refractivity contribution in [1.82, 2.24) is 25.5 Å². The Bertz CT molecular complexity index is 1740. The average molecular weight is 574 g/mol. The quantitative estimate of drug-likeness (QED) is 0.157. The lowest BCUT2D eigenvalue weighted by molar-refractivity contribution is 0.353. The molecule has 1 aromatic carbocycles. The van der Waals surface area contributed by atoms with Crippen LogP contribution in [0.15, 0.2) is 104 Å². The van der Waals surface area contributed by atoms with Gasteiger partial charge in [-0.15, -0.1) is 0 Å². The second-order valence-electron chi connectivity index (χ2n) is 11.2. The van der Waals surface area contributed by atoms with Gasteiger partial charge in [-0.2, -0.15) is 5.10 Å². The molecule has 1 aliphatic rings. The summed E-state index contributed by atoms with van der Waals surface area (Å²) in [6.45, 7) is 16.2. The van der Waals surface area contributed by atoms with E-state index in [2.05, 4.69) is 58.4 Å². The monoisotopic (exact) mass is 573 g/mol. The van der Waals surface area contributed by atoms with Crippen LogP contribution in [0.3, 0.4) is 0 Å². The number of H-pyrrole nitrogens is 2. The van der Waals surface area contributed by atoms with Crippen LogP contribution in [0.1, 0.15) is 68.0 Å². The van der Waals surface area contributed by atoms with Crippen molar-refractivity contribution in [1.29, 1.82) is 0 Å². The van der Waals surface area contributed by atoms with Crippen LogP contribution in [-0.2, 0) is 0 Å². The number of aromatic amines is 2. The number of hydrogen-bond acceptors (Lipinski definition) is 3. The van der Waals surface area contributed by atoms with Crippen molar-refractivity contribution >= 4 is 22.0 Å². The molecule has 4 aromatic rings. The first-order valence-electron chi connectivity index (χ1n) is 15.0. The number of nitrogens with zero attached hydrogens (tertiary/aromatic N) is 2. The van der Waals surface area contributed by atoms with E-state index < -0.39 is 0 Å². The van der Waals surface area contributed by atoms with Gasteiger partial charge in [-0.25, -0.2) is 4.39 Å². The molecule has 0 aliphatic heterocycles. The predicted octanol–water partition coefficient (Wildman–Crippen LogP) is 9.57. The number of hydrogen-bond donors (Lipinski definition) is 3. The number of aryl methyl sites for hydroxylation is 1. The second kappa shape index (κ2) is 13.5. The van der Waals surface area contributed by atoms with Crippen molar-refractivity contribution in [3.8, 4) is 11.4 Å². The van der Waals surface area contributed by atoms with Gasteiger partial charge in [0.2, 0.25) is 0 Å². The van der Waals surface area contributed by atoms with Gasteiger partial charge in [-0.05, 0) is 79.3 Å². The Morgan fingerprint density at radius 2 is 1.95 bits per heavy atom. The fourth-order valence-electron chi connectivity index (χ4n) is 5.97. The summed E-state index contributed by atoms with van der Waals surface area (Å²) >= 11 is 0. The first-order chi connectivity index (χ1) is 20.9. The molecule has 5 rings (SSSR count). The normalized spacial score (nSPS) is 15.1. The lowest BCUT2D eigenvalue weighted by Gasteiger charge is -2.23. The van der Waals surface area contributed by atoms with Gasteiger partial charge in [0.25, 0.3) is 0 Å². The third-order valence-electron chi connectivity index (χ3n) is 8.15. The molecule has 1 aliphatic carbocycles. The topological polar surface area (TPSA) is 69.4 Å². The van der Waals surface area contributed by atoms with Crippen LogP contribution >= 0.6 is 0 Å². The van der Waals surface area contributed by atoms with Crippen molar-refractivity contribution < 1.29 is 4.39 Å². The Kier molecular flexibility index (Phi) is 9.35. The minimum atomic E-state index is -0.281. The summed E-state index contributed by atoms with van der Waals surface area (Å²) in [7, 11) is 0. The maximum atomic E-state index is 14.1. The van der Waals surface area contributed by atoms with E-state index in [0.717, 1.165) is 73.8 Å². The Hall–Kier alpha value is -4.71. The smallest absolute Gasteiger partial charge is 0.123 e. The number of benzene rings is 1. The number of nitrogens with one attached hydrogen (secondary N) is 3. The molecule has 0 bridgehead atoms. The first kappa shape index (κ1) is 29.8. The third-order valence-corrected chi connectivity index (χ3v) is 8.15. The molecule has 6 heteroatoms. The van der Waals surface area contributed by atoms with Crippen LogP contribution in [0.5, 0.6) is 0 Å². The number of aromatic nitrogens is 4. The summed E-state index contributed by atoms with van der Waals surface area (Å²) in [5.74, 6) is 0.426. The molecule has 0 saturated heterocycles. The van der Waals surface area contributed by atoms with E-state index in [4.69, 9.17) is 4.98 Å². The second-order valence-corrected chi connectivity index (χ2v) is 11.2. The highest BCUT2D eigenvalue weighted by molar-refractivity contribution is 5.95. The highest BCUT2D eigenvalue weighted by Gasteiger charge is 2.18. The van der Waals surface area contributed by atoms with E-state index >= 15 is 0 Å². The maximum Gasteiger partial charge on any atom is 0.123 e. The van der Waals surface area contributed by atoms with Crippen molar-refractivity contribution in [2.24, 2.45) is 5.92 Å². The Balaban J connectivity index is 1.44. The molecule has 1 saturated carbocycles. The average Bonchev–Trinajstić information content (AvgIpc) is 3.61. The lowest BCUT2D eigenvalue weighted by Crippen LogP contribution is -2.16. The molecule has 3 N–H and O–H groups in total. The molecule has 0 radical (unpaired) electrons. The summed E-state index contributed by atoms with van der Waals surface area (Å²) < 4.78 is 14.1. The van der Waals surface area contributed by atoms with Gasteiger partial charge in [-0.3, -0.25) is 10.1 Å². The Morgan fingerprint density at radius 3 is 2.67 bits per heavy atom. The molecule has 0 atom stereocenters. The van der Waals surface area contributed by atoms with Gasteiger partial charge in [0.15, 0.2) is 0 Å². The zero-order chi connectivity index (χ0) is 30.3. The van der Waals surface area contributed by atoms with E-state index in [1.54, 1.807) is 12.1 Å². The van der Waals surface area contributed by atoms with Crippen molar-refractivity contribution in [2.45, 2.75) is 52.4 Å². The minimum Gasteiger partial charge on any atom is -0.359 e. The third kappa shape index (κ3) is 6.86. The summed E-state index contributed by atoms with van der Waals surface area (Å²) in [4.78, 5) is 8.22. The van der Waals surface area contributed by atoms with Gasteiger partial charge in [-0.1, -0.05) is 82.2 Å². The molecular formula is C37H40FN5. The number of rotatable bonds is 11. The van der Waals surface area contributed by atoms with E-state index in [1.165, 1.54) is 44.2 Å². The zero-order valence-corrected chi connectivity index (χ0v) is 25.1. The SMILES string of the molecule is C=C/C=C(/c1cccc(F)c1)c1cc(-c2n[nH]c3cnc(C(/C=C(\C=C)NC(=C)CC4CCCCC4)=C/C)cc23)[nH]c1C. The predicted molar refractivity (Wildman–Crippen MR) is 177 cm³/mol. The molecule has 0 unspecified atom stereocenters. The van der Waals surface area contributed by atoms with Crippen LogP contribution in [0.4, 0.5) is 4.39 Å². The molecule has 3 heterocycles. The number of fused-ring (bicyclic) bond motifs is 1. The number of halogens is 1. The molecule has 3 aromatic heterocycles. The van der Waals surface area contributed by atoms with Crippen molar-refractivity contribution in [3.63, 3.8) is 0 Å². The zero-order valence-electron chi connectivity index (χ0n) is 25.1.